The van der Waals surface area contributed by atoms with E-state index >= 15 is 0 Å². The number of cyclic esters (lactones) is 1. The molecule has 0 spiro atoms. The maximum Gasteiger partial charge on any atom is 0.339 e. The summed E-state index contributed by atoms with van der Waals surface area (Å²) >= 11 is 0. The molecule has 0 bridgehead atoms. The normalized spacial score (nSPS) is 16.2. The van der Waals surface area contributed by atoms with Crippen LogP contribution in [0.3, 0.4) is 0 Å². The standard InChI is InChI=1S/C18H16N2O4/c1-11-15(17(22)24-18(11,2)3)13-6-7-20(16(21)14(13)9-19)10-12-5-4-8-23-12/h4-8H,10H2,1-3H3. The van der Waals surface area contributed by atoms with Gasteiger partial charge in [0.1, 0.15) is 23.0 Å². The molecule has 0 radical (unpaired) electrons. The Balaban J connectivity index is 2.13. The fourth-order valence-electron chi connectivity index (χ4n) is 2.71. The molecule has 0 N–H and O–H groups in total. The molecule has 6 heteroatoms. The molecule has 0 aromatic carbocycles. The summed E-state index contributed by atoms with van der Waals surface area (Å²) in [5.74, 6) is 0.0859. The number of furan rings is 1. The zero-order chi connectivity index (χ0) is 17.5. The summed E-state index contributed by atoms with van der Waals surface area (Å²) in [5.41, 5.74) is 0.0110. The van der Waals surface area contributed by atoms with E-state index in [9.17, 15) is 14.9 Å². The lowest BCUT2D eigenvalue weighted by Crippen LogP contribution is -2.24. The molecule has 1 aliphatic rings. The van der Waals surface area contributed by atoms with Gasteiger partial charge in [-0.05, 0) is 44.5 Å². The maximum absolute atomic E-state index is 12.6. The second-order valence-corrected chi connectivity index (χ2v) is 6.13. The predicted molar refractivity (Wildman–Crippen MR) is 86.0 cm³/mol. The van der Waals surface area contributed by atoms with E-state index in [0.29, 0.717) is 22.5 Å². The fourth-order valence-corrected chi connectivity index (χ4v) is 2.71. The van der Waals surface area contributed by atoms with Gasteiger partial charge in [0, 0.05) is 11.8 Å². The summed E-state index contributed by atoms with van der Waals surface area (Å²) in [6, 6.07) is 7.00. The van der Waals surface area contributed by atoms with Crippen LogP contribution in [-0.2, 0) is 16.1 Å². The number of ether oxygens (including phenoxy) is 1. The van der Waals surface area contributed by atoms with E-state index in [-0.39, 0.29) is 12.1 Å². The minimum absolute atomic E-state index is 0.0759. The Morgan fingerprint density at radius 1 is 1.29 bits per heavy atom. The largest absolute Gasteiger partial charge is 0.467 e. The second-order valence-electron chi connectivity index (χ2n) is 6.13. The van der Waals surface area contributed by atoms with E-state index in [0.717, 1.165) is 0 Å². The molecule has 1 aliphatic heterocycles. The molecule has 24 heavy (non-hydrogen) atoms. The van der Waals surface area contributed by atoms with Crippen molar-refractivity contribution in [3.05, 3.63) is 63.5 Å². The highest BCUT2D eigenvalue weighted by molar-refractivity contribution is 6.20. The molecule has 0 saturated heterocycles. The average Bonchev–Trinajstić information content (AvgIpc) is 3.09. The monoisotopic (exact) mass is 324 g/mol. The minimum Gasteiger partial charge on any atom is -0.467 e. The highest BCUT2D eigenvalue weighted by Gasteiger charge is 2.39. The number of hydrogen-bond acceptors (Lipinski definition) is 5. The number of esters is 1. The molecule has 6 nitrogen and oxygen atoms in total. The molecule has 0 amide bonds. The minimum atomic E-state index is -0.748. The molecule has 0 fully saturated rings. The van der Waals surface area contributed by atoms with Crippen molar-refractivity contribution >= 4 is 11.5 Å². The number of nitriles is 1. The van der Waals surface area contributed by atoms with Crippen LogP contribution in [0, 0.1) is 11.3 Å². The first kappa shape index (κ1) is 15.8. The second kappa shape index (κ2) is 5.53. The quantitative estimate of drug-likeness (QED) is 0.810. The van der Waals surface area contributed by atoms with Crippen LogP contribution >= 0.6 is 0 Å². The Hall–Kier alpha value is -3.07. The van der Waals surface area contributed by atoms with Gasteiger partial charge >= 0.3 is 5.97 Å². The summed E-state index contributed by atoms with van der Waals surface area (Å²) in [5, 5.41) is 9.45. The molecular formula is C18H16N2O4. The van der Waals surface area contributed by atoms with Gasteiger partial charge in [-0.15, -0.1) is 0 Å². The first-order chi connectivity index (χ1) is 11.3. The highest BCUT2D eigenvalue weighted by Crippen LogP contribution is 2.37. The van der Waals surface area contributed by atoms with Crippen LogP contribution in [0.25, 0.3) is 5.57 Å². The van der Waals surface area contributed by atoms with Crippen LogP contribution in [0.5, 0.6) is 0 Å². The van der Waals surface area contributed by atoms with Crippen molar-refractivity contribution in [1.29, 1.82) is 5.26 Å². The predicted octanol–water partition coefficient (Wildman–Crippen LogP) is 2.47. The van der Waals surface area contributed by atoms with Gasteiger partial charge in [0.25, 0.3) is 5.56 Å². The zero-order valence-corrected chi connectivity index (χ0v) is 13.6. The van der Waals surface area contributed by atoms with E-state index in [4.69, 9.17) is 9.15 Å². The van der Waals surface area contributed by atoms with E-state index in [1.165, 1.54) is 10.8 Å². The smallest absolute Gasteiger partial charge is 0.339 e. The van der Waals surface area contributed by atoms with Crippen LogP contribution < -0.4 is 5.56 Å². The van der Waals surface area contributed by atoms with Crippen LogP contribution in [-0.4, -0.2) is 16.1 Å². The maximum atomic E-state index is 12.6. The first-order valence-corrected chi connectivity index (χ1v) is 7.46. The Bertz CT molecular complexity index is 940. The van der Waals surface area contributed by atoms with Crippen molar-refractivity contribution in [2.24, 2.45) is 0 Å². The number of nitrogens with zero attached hydrogens (tertiary/aromatic N) is 2. The Kier molecular flexibility index (Phi) is 3.64. The molecule has 2 aromatic rings. The summed E-state index contributed by atoms with van der Waals surface area (Å²) in [6.45, 7) is 5.54. The van der Waals surface area contributed by atoms with Gasteiger partial charge in [-0.25, -0.2) is 4.79 Å². The van der Waals surface area contributed by atoms with Crippen LogP contribution in [0.2, 0.25) is 0 Å². The number of carbonyl (C=O) groups excluding carboxylic acids is 1. The van der Waals surface area contributed by atoms with Crippen molar-refractivity contribution in [3.8, 4) is 6.07 Å². The molecule has 3 rings (SSSR count). The summed E-state index contributed by atoms with van der Waals surface area (Å²) in [6.07, 6.45) is 3.07. The Morgan fingerprint density at radius 2 is 2.04 bits per heavy atom. The molecule has 3 heterocycles. The highest BCUT2D eigenvalue weighted by atomic mass is 16.6. The van der Waals surface area contributed by atoms with Crippen LogP contribution in [0.1, 0.15) is 37.7 Å². The lowest BCUT2D eigenvalue weighted by Gasteiger charge is -2.18. The average molecular weight is 324 g/mol. The van der Waals surface area contributed by atoms with Crippen LogP contribution in [0.15, 0.2) is 45.4 Å². The summed E-state index contributed by atoms with van der Waals surface area (Å²) < 4.78 is 11.9. The number of carbonyl (C=O) groups is 1. The van der Waals surface area contributed by atoms with Gasteiger partial charge < -0.3 is 13.7 Å². The van der Waals surface area contributed by atoms with Gasteiger partial charge in [0.2, 0.25) is 0 Å². The summed E-state index contributed by atoms with van der Waals surface area (Å²) in [7, 11) is 0. The van der Waals surface area contributed by atoms with Gasteiger partial charge in [0.15, 0.2) is 0 Å². The third-order valence-electron chi connectivity index (χ3n) is 4.28. The first-order valence-electron chi connectivity index (χ1n) is 7.46. The molecule has 0 aliphatic carbocycles. The van der Waals surface area contributed by atoms with Crippen molar-refractivity contribution < 1.29 is 13.9 Å². The fraction of sp³-hybridized carbons (Fsp3) is 0.278. The SMILES string of the molecule is CC1=C(c2ccn(Cc3ccco3)c(=O)c2C#N)C(=O)OC1(C)C. The molecule has 122 valence electrons. The van der Waals surface area contributed by atoms with Crippen molar-refractivity contribution in [2.75, 3.05) is 0 Å². The molecule has 2 aromatic heterocycles. The van der Waals surface area contributed by atoms with Crippen molar-refractivity contribution in [1.82, 2.24) is 4.57 Å². The third-order valence-corrected chi connectivity index (χ3v) is 4.28. The number of rotatable bonds is 3. The van der Waals surface area contributed by atoms with E-state index < -0.39 is 17.1 Å². The molecule has 0 unspecified atom stereocenters. The molecule has 0 atom stereocenters. The lowest BCUT2D eigenvalue weighted by atomic mass is 9.92. The van der Waals surface area contributed by atoms with E-state index in [1.807, 2.05) is 6.07 Å². The number of aromatic nitrogens is 1. The van der Waals surface area contributed by atoms with E-state index in [2.05, 4.69) is 0 Å². The Morgan fingerprint density at radius 3 is 2.58 bits per heavy atom. The third kappa shape index (κ3) is 2.44. The number of pyridine rings is 1. The van der Waals surface area contributed by atoms with Gasteiger partial charge in [-0.2, -0.15) is 5.26 Å². The van der Waals surface area contributed by atoms with Gasteiger partial charge in [-0.1, -0.05) is 0 Å². The number of hydrogen-bond donors (Lipinski definition) is 0. The Labute approximate surface area is 138 Å². The lowest BCUT2D eigenvalue weighted by molar-refractivity contribution is -0.142. The molecular weight excluding hydrogens is 308 g/mol. The topological polar surface area (TPSA) is 85.2 Å². The van der Waals surface area contributed by atoms with Gasteiger partial charge in [-0.3, -0.25) is 4.79 Å². The van der Waals surface area contributed by atoms with Crippen molar-refractivity contribution in [2.45, 2.75) is 32.9 Å². The van der Waals surface area contributed by atoms with Crippen molar-refractivity contribution in [3.63, 3.8) is 0 Å². The molecule has 0 saturated carbocycles. The zero-order valence-electron chi connectivity index (χ0n) is 13.6. The summed E-state index contributed by atoms with van der Waals surface area (Å²) in [4.78, 5) is 24.8. The van der Waals surface area contributed by atoms with E-state index in [1.54, 1.807) is 45.2 Å². The van der Waals surface area contributed by atoms with Gasteiger partial charge in [0.05, 0.1) is 18.4 Å². The van der Waals surface area contributed by atoms with Crippen LogP contribution in [0.4, 0.5) is 0 Å².